The molecule has 1 saturated carbocycles. The molecule has 122 valence electrons. The van der Waals surface area contributed by atoms with E-state index in [1.54, 1.807) is 24.1 Å². The van der Waals surface area contributed by atoms with Crippen molar-refractivity contribution in [3.8, 4) is 0 Å². The lowest BCUT2D eigenvalue weighted by molar-refractivity contribution is 0.190. The topological polar surface area (TPSA) is 92.5 Å². The van der Waals surface area contributed by atoms with Gasteiger partial charge in [0.25, 0.3) is 0 Å². The molecule has 7 heteroatoms. The number of carbonyl (C=O) groups excluding carboxylic acids is 1. The average molecular weight is 325 g/mol. The molecule has 1 fully saturated rings. The zero-order valence-electron chi connectivity index (χ0n) is 13.0. The van der Waals surface area contributed by atoms with Crippen LogP contribution >= 0.6 is 0 Å². The zero-order valence-corrected chi connectivity index (χ0v) is 13.8. The summed E-state index contributed by atoms with van der Waals surface area (Å²) < 4.78 is 22.5. The van der Waals surface area contributed by atoms with Gasteiger partial charge in [-0.3, -0.25) is 0 Å². The normalized spacial score (nSPS) is 17.2. The molecular weight excluding hydrogens is 302 g/mol. The van der Waals surface area contributed by atoms with Gasteiger partial charge in [0.2, 0.25) is 10.0 Å². The second-order valence-electron chi connectivity index (χ2n) is 5.83. The van der Waals surface area contributed by atoms with Gasteiger partial charge in [-0.05, 0) is 37.5 Å². The molecule has 1 aromatic rings. The first kappa shape index (κ1) is 16.8. The number of rotatable bonds is 4. The fourth-order valence-corrected chi connectivity index (χ4v) is 3.20. The lowest BCUT2D eigenvalue weighted by Crippen LogP contribution is -2.43. The molecule has 0 heterocycles. The Hall–Kier alpha value is -1.60. The van der Waals surface area contributed by atoms with Crippen molar-refractivity contribution in [3.05, 3.63) is 29.8 Å². The average Bonchev–Trinajstić information content (AvgIpc) is 2.97. The van der Waals surface area contributed by atoms with Crippen molar-refractivity contribution in [2.75, 3.05) is 7.05 Å². The van der Waals surface area contributed by atoms with Gasteiger partial charge in [0, 0.05) is 13.1 Å². The summed E-state index contributed by atoms with van der Waals surface area (Å²) >= 11 is 0. The predicted octanol–water partition coefficient (Wildman–Crippen LogP) is 1.98. The molecule has 0 saturated heterocycles. The van der Waals surface area contributed by atoms with E-state index in [0.29, 0.717) is 0 Å². The van der Waals surface area contributed by atoms with E-state index < -0.39 is 10.0 Å². The summed E-state index contributed by atoms with van der Waals surface area (Å²) in [6, 6.07) is 6.30. The monoisotopic (exact) mass is 325 g/mol. The minimum absolute atomic E-state index is 0.0708. The van der Waals surface area contributed by atoms with Crippen molar-refractivity contribution in [1.82, 2.24) is 10.2 Å². The first-order valence-electron chi connectivity index (χ1n) is 7.45. The van der Waals surface area contributed by atoms with Crippen LogP contribution in [0.15, 0.2) is 29.2 Å². The minimum Gasteiger partial charge on any atom is -0.335 e. The van der Waals surface area contributed by atoms with E-state index in [1.807, 2.05) is 6.92 Å². The molecule has 2 amide bonds. The van der Waals surface area contributed by atoms with Gasteiger partial charge in [-0.15, -0.1) is 0 Å². The standard InChI is InChI=1S/C15H23N3O3S/c1-11(12-7-9-14(10-8-12)22(16,20)21)18(2)15(19)17-13-5-3-4-6-13/h7-11,13H,3-6H2,1-2H3,(H,17,19)(H2,16,20,21)/t11-/m0/s1. The molecule has 0 spiro atoms. The van der Waals surface area contributed by atoms with E-state index in [0.717, 1.165) is 18.4 Å². The third-order valence-corrected chi connectivity index (χ3v) is 5.20. The molecule has 6 nitrogen and oxygen atoms in total. The first-order chi connectivity index (χ1) is 10.3. The molecule has 22 heavy (non-hydrogen) atoms. The Bertz CT molecular complexity index is 622. The largest absolute Gasteiger partial charge is 0.335 e. The summed E-state index contributed by atoms with van der Waals surface area (Å²) in [5.41, 5.74) is 0.858. The summed E-state index contributed by atoms with van der Waals surface area (Å²) in [6.07, 6.45) is 4.41. The number of sulfonamides is 1. The lowest BCUT2D eigenvalue weighted by Gasteiger charge is -2.27. The maximum Gasteiger partial charge on any atom is 0.317 e. The van der Waals surface area contributed by atoms with Crippen LogP contribution in [0.5, 0.6) is 0 Å². The summed E-state index contributed by atoms with van der Waals surface area (Å²) in [5.74, 6) is 0. The summed E-state index contributed by atoms with van der Waals surface area (Å²) in [6.45, 7) is 1.90. The number of nitrogens with zero attached hydrogens (tertiary/aromatic N) is 1. The van der Waals surface area contributed by atoms with E-state index in [-0.39, 0.29) is 23.0 Å². The van der Waals surface area contributed by atoms with Crippen LogP contribution in [0.2, 0.25) is 0 Å². The zero-order chi connectivity index (χ0) is 16.3. The van der Waals surface area contributed by atoms with Crippen LogP contribution in [-0.2, 0) is 10.0 Å². The molecule has 1 atom stereocenters. The highest BCUT2D eigenvalue weighted by Gasteiger charge is 2.22. The molecule has 2 rings (SSSR count). The van der Waals surface area contributed by atoms with E-state index in [9.17, 15) is 13.2 Å². The van der Waals surface area contributed by atoms with Crippen LogP contribution in [0.3, 0.4) is 0 Å². The van der Waals surface area contributed by atoms with Crippen molar-refractivity contribution in [2.45, 2.75) is 49.6 Å². The molecule has 0 radical (unpaired) electrons. The number of carbonyl (C=O) groups is 1. The fourth-order valence-electron chi connectivity index (χ4n) is 2.68. The molecule has 0 unspecified atom stereocenters. The highest BCUT2D eigenvalue weighted by Crippen LogP contribution is 2.22. The predicted molar refractivity (Wildman–Crippen MR) is 84.8 cm³/mol. The Kier molecular flexibility index (Phi) is 5.08. The molecule has 1 aromatic carbocycles. The van der Waals surface area contributed by atoms with Crippen LogP contribution < -0.4 is 10.5 Å². The van der Waals surface area contributed by atoms with Gasteiger partial charge in [-0.25, -0.2) is 18.4 Å². The van der Waals surface area contributed by atoms with Gasteiger partial charge in [0.05, 0.1) is 10.9 Å². The minimum atomic E-state index is -3.69. The maximum atomic E-state index is 12.2. The van der Waals surface area contributed by atoms with Crippen molar-refractivity contribution in [3.63, 3.8) is 0 Å². The third-order valence-electron chi connectivity index (χ3n) is 4.28. The highest BCUT2D eigenvalue weighted by molar-refractivity contribution is 7.89. The number of nitrogens with one attached hydrogen (secondary N) is 1. The Balaban J connectivity index is 2.03. The molecule has 1 aliphatic carbocycles. The van der Waals surface area contributed by atoms with Crippen LogP contribution in [0.1, 0.15) is 44.2 Å². The lowest BCUT2D eigenvalue weighted by atomic mass is 10.1. The molecule has 1 aliphatic rings. The number of hydrogen-bond acceptors (Lipinski definition) is 3. The Morgan fingerprint density at radius 1 is 1.27 bits per heavy atom. The number of primary sulfonamides is 1. The first-order valence-corrected chi connectivity index (χ1v) is 9.00. The third kappa shape index (κ3) is 3.98. The number of urea groups is 1. The van der Waals surface area contributed by atoms with E-state index in [1.165, 1.54) is 25.0 Å². The second kappa shape index (κ2) is 6.66. The van der Waals surface area contributed by atoms with Crippen LogP contribution in [0.25, 0.3) is 0 Å². The van der Waals surface area contributed by atoms with Crippen molar-refractivity contribution in [1.29, 1.82) is 0 Å². The van der Waals surface area contributed by atoms with Crippen LogP contribution in [0, 0.1) is 0 Å². The molecule has 3 N–H and O–H groups in total. The van der Waals surface area contributed by atoms with Crippen LogP contribution in [0.4, 0.5) is 4.79 Å². The molecule has 0 aliphatic heterocycles. The Morgan fingerprint density at radius 3 is 2.32 bits per heavy atom. The summed E-state index contributed by atoms with van der Waals surface area (Å²) in [7, 11) is -1.95. The quantitative estimate of drug-likeness (QED) is 0.886. The van der Waals surface area contributed by atoms with Crippen molar-refractivity contribution < 1.29 is 13.2 Å². The van der Waals surface area contributed by atoms with Gasteiger partial charge >= 0.3 is 6.03 Å². The summed E-state index contributed by atoms with van der Waals surface area (Å²) in [4.78, 5) is 13.9. The highest BCUT2D eigenvalue weighted by atomic mass is 32.2. The van der Waals surface area contributed by atoms with E-state index in [2.05, 4.69) is 5.32 Å². The Labute approximate surface area is 131 Å². The number of benzene rings is 1. The smallest absolute Gasteiger partial charge is 0.317 e. The van der Waals surface area contributed by atoms with E-state index in [4.69, 9.17) is 5.14 Å². The number of hydrogen-bond donors (Lipinski definition) is 2. The van der Waals surface area contributed by atoms with Gasteiger partial charge in [0.15, 0.2) is 0 Å². The molecular formula is C15H23N3O3S. The fraction of sp³-hybridized carbons (Fsp3) is 0.533. The van der Waals surface area contributed by atoms with Crippen molar-refractivity contribution in [2.24, 2.45) is 5.14 Å². The molecule has 0 bridgehead atoms. The molecule has 0 aromatic heterocycles. The summed E-state index contributed by atoms with van der Waals surface area (Å²) in [5, 5.41) is 8.12. The van der Waals surface area contributed by atoms with E-state index >= 15 is 0 Å². The van der Waals surface area contributed by atoms with Gasteiger partial charge in [0.1, 0.15) is 0 Å². The maximum absolute atomic E-state index is 12.2. The van der Waals surface area contributed by atoms with Gasteiger partial charge < -0.3 is 10.2 Å². The SMILES string of the molecule is C[C@@H](c1ccc(S(N)(=O)=O)cc1)N(C)C(=O)NC1CCCC1. The number of nitrogens with two attached hydrogens (primary N) is 1. The van der Waals surface area contributed by atoms with Crippen LogP contribution in [-0.4, -0.2) is 32.4 Å². The van der Waals surface area contributed by atoms with Crippen molar-refractivity contribution >= 4 is 16.1 Å². The number of amides is 2. The Morgan fingerprint density at radius 2 is 1.82 bits per heavy atom. The van der Waals surface area contributed by atoms with Gasteiger partial charge in [-0.1, -0.05) is 25.0 Å². The second-order valence-corrected chi connectivity index (χ2v) is 7.39. The van der Waals surface area contributed by atoms with Gasteiger partial charge in [-0.2, -0.15) is 0 Å².